The summed E-state index contributed by atoms with van der Waals surface area (Å²) in [6.07, 6.45) is 5.36. The van der Waals surface area contributed by atoms with Gasteiger partial charge >= 0.3 is 5.69 Å². The summed E-state index contributed by atoms with van der Waals surface area (Å²) in [5, 5.41) is 74.3. The minimum Gasteiger partial charge on any atom is -0.504 e. The third-order valence-electron chi connectivity index (χ3n) is 15.0. The van der Waals surface area contributed by atoms with Crippen LogP contribution in [0, 0.1) is 10.1 Å². The number of phenolic OH excluding ortho intramolecular Hbond substituents is 6. The van der Waals surface area contributed by atoms with Gasteiger partial charge in [-0.2, -0.15) is 0 Å². The van der Waals surface area contributed by atoms with Gasteiger partial charge in [-0.1, -0.05) is 72.8 Å². The van der Waals surface area contributed by atoms with E-state index in [0.717, 1.165) is 79.6 Å². The number of fused-ring (bicyclic) bond motifs is 15. The Labute approximate surface area is 377 Å². The van der Waals surface area contributed by atoms with Crippen LogP contribution in [-0.2, 0) is 38.9 Å². The van der Waals surface area contributed by atoms with Gasteiger partial charge in [0, 0.05) is 61.1 Å². The average molecular weight is 875 g/mol. The lowest BCUT2D eigenvalue weighted by molar-refractivity contribution is -0.386. The fraction of sp³-hybridized carbons (Fsp3) is 0.321. The summed E-state index contributed by atoms with van der Waals surface area (Å²) in [7, 11) is 4.24. The van der Waals surface area contributed by atoms with E-state index in [0.29, 0.717) is 24.1 Å². The number of benzene rings is 6. The normalized spacial score (nSPS) is 23.3. The molecule has 6 aromatic carbocycles. The molecule has 0 saturated carbocycles. The lowest BCUT2D eigenvalue weighted by atomic mass is 9.71. The average Bonchev–Trinajstić information content (AvgIpc) is 3.30. The Morgan fingerprint density at radius 2 is 0.969 bits per heavy atom. The highest BCUT2D eigenvalue weighted by Crippen LogP contribution is 2.51. The first-order valence-electron chi connectivity index (χ1n) is 22.6. The van der Waals surface area contributed by atoms with E-state index in [1.165, 1.54) is 39.4 Å². The van der Waals surface area contributed by atoms with E-state index in [1.54, 1.807) is 24.3 Å². The molecule has 65 heavy (non-hydrogen) atoms. The van der Waals surface area contributed by atoms with Crippen molar-refractivity contribution in [1.82, 2.24) is 15.1 Å². The monoisotopic (exact) mass is 874 g/mol. The Kier molecular flexibility index (Phi) is 10.9. The molecular formula is C53H54N4O8. The summed E-state index contributed by atoms with van der Waals surface area (Å²) < 4.78 is 0. The molecule has 0 saturated heterocycles. The van der Waals surface area contributed by atoms with Gasteiger partial charge in [0.2, 0.25) is 5.75 Å². The van der Waals surface area contributed by atoms with Crippen LogP contribution in [0.5, 0.6) is 34.5 Å². The van der Waals surface area contributed by atoms with Crippen LogP contribution in [0.3, 0.4) is 0 Å². The Bertz CT molecular complexity index is 2850. The van der Waals surface area contributed by atoms with Crippen molar-refractivity contribution in [3.63, 3.8) is 0 Å². The first-order chi connectivity index (χ1) is 31.4. The first-order valence-corrected chi connectivity index (χ1v) is 22.6. The maximum atomic E-state index is 11.4. The number of hydrogen-bond acceptors (Lipinski definition) is 11. The Balaban J connectivity index is 0.000000115. The van der Waals surface area contributed by atoms with Gasteiger partial charge in [0.05, 0.1) is 4.92 Å². The number of aryl methyl sites for hydroxylation is 2. The molecule has 0 aromatic heterocycles. The van der Waals surface area contributed by atoms with Gasteiger partial charge in [-0.15, -0.1) is 0 Å². The van der Waals surface area contributed by atoms with Gasteiger partial charge in [0.15, 0.2) is 28.7 Å². The van der Waals surface area contributed by atoms with Crippen LogP contribution in [0.4, 0.5) is 5.69 Å². The number of nitrogens with one attached hydrogen (secondary N) is 1. The molecule has 6 aromatic rings. The zero-order valence-corrected chi connectivity index (χ0v) is 36.5. The molecule has 3 aliphatic carbocycles. The second-order valence-corrected chi connectivity index (χ2v) is 18.6. The number of aromatic hydroxyl groups is 6. The predicted molar refractivity (Wildman–Crippen MR) is 247 cm³/mol. The van der Waals surface area contributed by atoms with Crippen molar-refractivity contribution in [2.24, 2.45) is 0 Å². The van der Waals surface area contributed by atoms with E-state index in [2.05, 4.69) is 89.9 Å². The molecule has 12 heteroatoms. The molecule has 334 valence electrons. The van der Waals surface area contributed by atoms with Gasteiger partial charge in [-0.25, -0.2) is 0 Å². The van der Waals surface area contributed by atoms with E-state index < -0.39 is 16.4 Å². The number of nitrogens with zero attached hydrogens (tertiary/aromatic N) is 3. The van der Waals surface area contributed by atoms with Crippen molar-refractivity contribution >= 4 is 5.69 Å². The highest BCUT2D eigenvalue weighted by atomic mass is 16.6. The minimum absolute atomic E-state index is 0.00958. The van der Waals surface area contributed by atoms with Crippen molar-refractivity contribution in [3.8, 4) is 34.5 Å². The third kappa shape index (κ3) is 7.39. The van der Waals surface area contributed by atoms with Crippen molar-refractivity contribution in [1.29, 1.82) is 0 Å². The zero-order chi connectivity index (χ0) is 45.3. The number of rotatable bonds is 1. The Morgan fingerprint density at radius 1 is 0.523 bits per heavy atom. The van der Waals surface area contributed by atoms with E-state index in [1.807, 2.05) is 12.1 Å². The quantitative estimate of drug-likeness (QED) is 0.0478. The molecule has 12 nitrogen and oxygen atoms in total. The van der Waals surface area contributed by atoms with E-state index in [4.69, 9.17) is 0 Å². The molecule has 0 fully saturated rings. The maximum Gasteiger partial charge on any atom is 0.318 e. The standard InChI is InChI=1S/C18H18N2O4.C18H19NO2.C17H17NO2/c1-19-9-10-4-2-3-5-11(10)16-13-8-15(21)18(22)17(20(23)24)12(13)6-7-14(16)19;1-19-10-12-4-2-3-5-13(12)18-14-9-17(21)16(20)8-11(14)6-7-15(18)19;19-15-7-10-5-6-14-17(13(10)8-16(15)20)12-4-2-1-3-11(12)9-18-14/h2-5,8,14,16,21-22H,6-7,9H2,1H3;2-5,8-9,15,18,20-21H,6-7,10H2,1H3;1-4,7-8,14,17-20H,5-6,9H2/t14-,16-;15-,18-;14-,17-/m000/s1. The van der Waals surface area contributed by atoms with Crippen LogP contribution in [-0.4, -0.2) is 77.6 Å². The SMILES string of the molecule is CN1Cc2ccccc2[C@H]2c3cc(O)c(O)c([N+](=O)[O-])c3CC[C@@H]21.CN1Cc2ccccc2[C@H]2c3cc(O)c(O)cc3CC[C@@H]21.Oc1cc2c(cc1O)[C@@H]1c3ccccc3CN[C@H]1CC2. The van der Waals surface area contributed by atoms with Gasteiger partial charge in [-0.05, 0) is 144 Å². The number of nitro groups is 1. The second-order valence-electron chi connectivity index (χ2n) is 18.6. The first kappa shape index (κ1) is 42.4. The van der Waals surface area contributed by atoms with Crippen LogP contribution in [0.15, 0.2) is 103 Å². The van der Waals surface area contributed by atoms with Gasteiger partial charge in [0.1, 0.15) is 0 Å². The second kappa shape index (κ2) is 16.8. The summed E-state index contributed by atoms with van der Waals surface area (Å²) >= 11 is 0. The highest BCUT2D eigenvalue weighted by molar-refractivity contribution is 5.65. The summed E-state index contributed by atoms with van der Waals surface area (Å²) in [5.41, 5.74) is 13.3. The summed E-state index contributed by atoms with van der Waals surface area (Å²) in [4.78, 5) is 15.5. The molecule has 12 rings (SSSR count). The van der Waals surface area contributed by atoms with Crippen LogP contribution in [0.2, 0.25) is 0 Å². The van der Waals surface area contributed by atoms with Gasteiger partial charge < -0.3 is 36.0 Å². The topological polar surface area (TPSA) is 183 Å². The van der Waals surface area contributed by atoms with Crippen molar-refractivity contribution < 1.29 is 35.6 Å². The molecule has 0 radical (unpaired) electrons. The molecule has 3 aliphatic heterocycles. The van der Waals surface area contributed by atoms with E-state index in [-0.39, 0.29) is 52.5 Å². The zero-order valence-electron chi connectivity index (χ0n) is 36.5. The van der Waals surface area contributed by atoms with E-state index in [9.17, 15) is 40.8 Å². The molecule has 0 bridgehead atoms. The fourth-order valence-electron chi connectivity index (χ4n) is 12.0. The van der Waals surface area contributed by atoms with Crippen LogP contribution >= 0.6 is 0 Å². The number of hydrogen-bond donors (Lipinski definition) is 7. The molecule has 6 atom stereocenters. The summed E-state index contributed by atoms with van der Waals surface area (Å²) in [5.74, 6) is -0.586. The smallest absolute Gasteiger partial charge is 0.318 e. The Hall–Kier alpha value is -6.60. The lowest BCUT2D eigenvalue weighted by Crippen LogP contribution is -2.43. The number of nitro benzene ring substituents is 1. The Morgan fingerprint density at radius 3 is 1.54 bits per heavy atom. The molecule has 0 amide bonds. The molecule has 7 N–H and O–H groups in total. The van der Waals surface area contributed by atoms with Crippen LogP contribution in [0.1, 0.15) is 104 Å². The number of phenols is 6. The third-order valence-corrected chi connectivity index (χ3v) is 15.0. The van der Waals surface area contributed by atoms with Crippen molar-refractivity contribution in [2.45, 2.75) is 94.0 Å². The maximum absolute atomic E-state index is 11.4. The molecular weight excluding hydrogens is 821 g/mol. The lowest BCUT2D eigenvalue weighted by Gasteiger charge is -2.44. The van der Waals surface area contributed by atoms with Crippen molar-refractivity contribution in [2.75, 3.05) is 14.1 Å². The van der Waals surface area contributed by atoms with Gasteiger partial charge in [0.25, 0.3) is 0 Å². The molecule has 0 unspecified atom stereocenters. The largest absolute Gasteiger partial charge is 0.504 e. The number of likely N-dealkylation sites (N-methyl/N-ethyl adjacent to an activating group) is 2. The summed E-state index contributed by atoms with van der Waals surface area (Å²) in [6.45, 7) is 2.74. The molecule has 3 heterocycles. The summed E-state index contributed by atoms with van der Waals surface area (Å²) in [6, 6.07) is 34.8. The minimum atomic E-state index is -0.630. The van der Waals surface area contributed by atoms with E-state index >= 15 is 0 Å². The predicted octanol–water partition coefficient (Wildman–Crippen LogP) is 8.54. The van der Waals surface area contributed by atoms with Crippen LogP contribution in [0.25, 0.3) is 0 Å². The van der Waals surface area contributed by atoms with Crippen molar-refractivity contribution in [3.05, 3.63) is 180 Å². The van der Waals surface area contributed by atoms with Crippen LogP contribution < -0.4 is 5.32 Å². The highest BCUT2D eigenvalue weighted by Gasteiger charge is 2.43. The van der Waals surface area contributed by atoms with Gasteiger partial charge in [-0.3, -0.25) is 19.9 Å². The fourth-order valence-corrected chi connectivity index (χ4v) is 12.0. The molecule has 0 spiro atoms. The molecule has 6 aliphatic rings.